The number of nitrogens with zero attached hydrogens (tertiary/aromatic N) is 4. The van der Waals surface area contributed by atoms with Crippen molar-refractivity contribution in [2.24, 2.45) is 7.05 Å². The number of rotatable bonds is 7. The average Bonchev–Trinajstić information content (AvgIpc) is 2.99. The first kappa shape index (κ1) is 14.8. The van der Waals surface area contributed by atoms with Crippen molar-refractivity contribution in [3.63, 3.8) is 0 Å². The van der Waals surface area contributed by atoms with Gasteiger partial charge in [-0.15, -0.1) is 0 Å². The highest BCUT2D eigenvalue weighted by atomic mass is 15.3. The van der Waals surface area contributed by atoms with E-state index in [9.17, 15) is 0 Å². The van der Waals surface area contributed by atoms with Crippen LogP contribution in [0.25, 0.3) is 0 Å². The zero-order chi connectivity index (χ0) is 14.5. The number of nitrogens with one attached hydrogen (secondary N) is 1. The Morgan fingerprint density at radius 2 is 2.10 bits per heavy atom. The van der Waals surface area contributed by atoms with Crippen LogP contribution in [-0.2, 0) is 13.6 Å². The van der Waals surface area contributed by atoms with Crippen molar-refractivity contribution in [1.82, 2.24) is 24.6 Å². The van der Waals surface area contributed by atoms with Gasteiger partial charge in [-0.2, -0.15) is 5.10 Å². The van der Waals surface area contributed by atoms with Gasteiger partial charge in [-0.05, 0) is 26.3 Å². The van der Waals surface area contributed by atoms with E-state index in [1.54, 1.807) is 0 Å². The Morgan fingerprint density at radius 3 is 2.70 bits per heavy atom. The van der Waals surface area contributed by atoms with E-state index in [0.29, 0.717) is 0 Å². The summed E-state index contributed by atoms with van der Waals surface area (Å²) in [7, 11) is 1.96. The van der Waals surface area contributed by atoms with Crippen molar-refractivity contribution in [3.8, 4) is 0 Å². The second kappa shape index (κ2) is 6.70. The lowest BCUT2D eigenvalue weighted by Gasteiger charge is -2.19. The molecule has 0 aromatic carbocycles. The molecule has 20 heavy (non-hydrogen) atoms. The Kier molecular flexibility index (Phi) is 4.95. The molecule has 0 aliphatic rings. The first-order valence-electron chi connectivity index (χ1n) is 7.41. The van der Waals surface area contributed by atoms with Crippen LogP contribution in [-0.4, -0.2) is 25.9 Å². The summed E-state index contributed by atoms with van der Waals surface area (Å²) < 4.78 is 4.11. The van der Waals surface area contributed by atoms with Crippen LogP contribution in [0.1, 0.15) is 49.8 Å². The second-order valence-corrected chi connectivity index (χ2v) is 5.21. The highest BCUT2D eigenvalue weighted by molar-refractivity contribution is 5.26. The first-order valence-corrected chi connectivity index (χ1v) is 7.41. The molecule has 110 valence electrons. The zero-order valence-electron chi connectivity index (χ0n) is 12.9. The molecule has 1 N–H and O–H groups in total. The molecule has 0 amide bonds. The lowest BCUT2D eigenvalue weighted by atomic mass is 10.1. The zero-order valence-corrected chi connectivity index (χ0v) is 12.9. The molecule has 0 aliphatic carbocycles. The molecule has 5 heteroatoms. The summed E-state index contributed by atoms with van der Waals surface area (Å²) in [5.41, 5.74) is 2.27. The number of hydrogen-bond acceptors (Lipinski definition) is 3. The standard InChI is InChI=1S/C15H25N5/c1-5-7-16-14(13-11-19(4)18-12(13)3)15-17-8-10-20(15)9-6-2/h8,10-11,14,16H,5-7,9H2,1-4H3. The quantitative estimate of drug-likeness (QED) is 0.844. The monoisotopic (exact) mass is 275 g/mol. The normalized spacial score (nSPS) is 12.8. The summed E-state index contributed by atoms with van der Waals surface area (Å²) in [6.07, 6.45) is 8.25. The van der Waals surface area contributed by atoms with Crippen LogP contribution in [0.4, 0.5) is 0 Å². The number of hydrogen-bond donors (Lipinski definition) is 1. The van der Waals surface area contributed by atoms with Crippen LogP contribution < -0.4 is 5.32 Å². The maximum Gasteiger partial charge on any atom is 0.130 e. The number of aromatic nitrogens is 4. The summed E-state index contributed by atoms with van der Waals surface area (Å²) in [6, 6.07) is 0.116. The predicted molar refractivity (Wildman–Crippen MR) is 80.6 cm³/mol. The third kappa shape index (κ3) is 3.10. The van der Waals surface area contributed by atoms with Gasteiger partial charge in [-0.3, -0.25) is 4.68 Å². The Bertz CT molecular complexity index is 540. The molecule has 0 bridgehead atoms. The maximum atomic E-state index is 4.58. The van der Waals surface area contributed by atoms with Gasteiger partial charge in [-0.25, -0.2) is 4.98 Å². The summed E-state index contributed by atoms with van der Waals surface area (Å²) in [6.45, 7) is 8.40. The summed E-state index contributed by atoms with van der Waals surface area (Å²) in [5, 5.41) is 8.07. The lowest BCUT2D eigenvalue weighted by Crippen LogP contribution is -2.26. The highest BCUT2D eigenvalue weighted by Crippen LogP contribution is 2.23. The van der Waals surface area contributed by atoms with Gasteiger partial charge in [0, 0.05) is 37.7 Å². The number of imidazole rings is 1. The third-order valence-corrected chi connectivity index (χ3v) is 3.43. The van der Waals surface area contributed by atoms with Crippen molar-refractivity contribution in [3.05, 3.63) is 35.7 Å². The molecule has 1 unspecified atom stereocenters. The molecule has 0 saturated heterocycles. The fourth-order valence-electron chi connectivity index (χ4n) is 2.54. The van der Waals surface area contributed by atoms with E-state index >= 15 is 0 Å². The number of aryl methyl sites for hydroxylation is 3. The van der Waals surface area contributed by atoms with Crippen LogP contribution in [0.15, 0.2) is 18.6 Å². The van der Waals surface area contributed by atoms with Crippen LogP contribution in [0.5, 0.6) is 0 Å². The van der Waals surface area contributed by atoms with Crippen molar-refractivity contribution < 1.29 is 0 Å². The largest absolute Gasteiger partial charge is 0.333 e. The van der Waals surface area contributed by atoms with E-state index in [-0.39, 0.29) is 6.04 Å². The molecule has 0 radical (unpaired) electrons. The summed E-state index contributed by atoms with van der Waals surface area (Å²) in [4.78, 5) is 4.58. The van der Waals surface area contributed by atoms with Crippen molar-refractivity contribution in [2.45, 2.75) is 46.2 Å². The van der Waals surface area contributed by atoms with E-state index < -0.39 is 0 Å². The summed E-state index contributed by atoms with van der Waals surface area (Å²) in [5.74, 6) is 1.08. The highest BCUT2D eigenvalue weighted by Gasteiger charge is 2.22. The van der Waals surface area contributed by atoms with Crippen molar-refractivity contribution in [1.29, 1.82) is 0 Å². The Balaban J connectivity index is 2.36. The van der Waals surface area contributed by atoms with Gasteiger partial charge in [0.25, 0.3) is 0 Å². The molecule has 2 heterocycles. The van der Waals surface area contributed by atoms with Gasteiger partial charge in [-0.1, -0.05) is 13.8 Å². The molecular formula is C15H25N5. The SMILES string of the molecule is CCCNC(c1cn(C)nc1C)c1nccn1CCC. The van der Waals surface area contributed by atoms with Gasteiger partial charge in [0.15, 0.2) is 0 Å². The fourth-order valence-corrected chi connectivity index (χ4v) is 2.54. The van der Waals surface area contributed by atoms with E-state index in [1.165, 1.54) is 5.56 Å². The van der Waals surface area contributed by atoms with Gasteiger partial charge in [0.05, 0.1) is 11.7 Å². The van der Waals surface area contributed by atoms with Gasteiger partial charge >= 0.3 is 0 Å². The van der Waals surface area contributed by atoms with Gasteiger partial charge in [0.2, 0.25) is 0 Å². The average molecular weight is 275 g/mol. The van der Waals surface area contributed by atoms with E-state index in [2.05, 4.69) is 53.1 Å². The first-order chi connectivity index (χ1) is 9.67. The topological polar surface area (TPSA) is 47.7 Å². The van der Waals surface area contributed by atoms with Crippen LogP contribution >= 0.6 is 0 Å². The molecule has 2 rings (SSSR count). The molecular weight excluding hydrogens is 250 g/mol. The summed E-state index contributed by atoms with van der Waals surface area (Å²) >= 11 is 0. The fraction of sp³-hybridized carbons (Fsp3) is 0.600. The van der Waals surface area contributed by atoms with E-state index in [4.69, 9.17) is 0 Å². The maximum absolute atomic E-state index is 4.58. The van der Waals surface area contributed by atoms with Gasteiger partial charge in [0.1, 0.15) is 5.82 Å². The van der Waals surface area contributed by atoms with Crippen molar-refractivity contribution >= 4 is 0 Å². The van der Waals surface area contributed by atoms with Crippen LogP contribution in [0, 0.1) is 6.92 Å². The van der Waals surface area contributed by atoms with Gasteiger partial charge < -0.3 is 9.88 Å². The molecule has 0 fully saturated rings. The van der Waals surface area contributed by atoms with Crippen LogP contribution in [0.3, 0.4) is 0 Å². The van der Waals surface area contributed by atoms with Crippen molar-refractivity contribution in [2.75, 3.05) is 6.54 Å². The predicted octanol–water partition coefficient (Wildman–Crippen LogP) is 2.42. The molecule has 2 aromatic heterocycles. The molecule has 0 spiro atoms. The second-order valence-electron chi connectivity index (χ2n) is 5.21. The van der Waals surface area contributed by atoms with Crippen LogP contribution in [0.2, 0.25) is 0 Å². The molecule has 2 aromatic rings. The minimum atomic E-state index is 0.116. The van der Waals surface area contributed by atoms with E-state index in [1.807, 2.05) is 17.9 Å². The Hall–Kier alpha value is -1.62. The Labute approximate surface area is 121 Å². The molecule has 0 saturated carbocycles. The van der Waals surface area contributed by atoms with E-state index in [0.717, 1.165) is 37.4 Å². The molecule has 1 atom stereocenters. The minimum Gasteiger partial charge on any atom is -0.333 e. The molecule has 5 nitrogen and oxygen atoms in total. The minimum absolute atomic E-state index is 0.116. The molecule has 0 aliphatic heterocycles. The lowest BCUT2D eigenvalue weighted by molar-refractivity contribution is 0.528. The smallest absolute Gasteiger partial charge is 0.130 e. The Morgan fingerprint density at radius 1 is 1.30 bits per heavy atom. The third-order valence-electron chi connectivity index (χ3n) is 3.43.